The number of nitrogens with one attached hydrogen (secondary N) is 1. The number of thioether (sulfide) groups is 1. The van der Waals surface area contributed by atoms with Crippen LogP contribution in [0.1, 0.15) is 18.9 Å². The van der Waals surface area contributed by atoms with E-state index in [9.17, 15) is 4.39 Å². The molecule has 0 bridgehead atoms. The van der Waals surface area contributed by atoms with Gasteiger partial charge in [-0.2, -0.15) is 0 Å². The molecule has 1 unspecified atom stereocenters. The van der Waals surface area contributed by atoms with Gasteiger partial charge in [0.25, 0.3) is 0 Å². The Morgan fingerprint density at radius 1 is 1.62 bits per heavy atom. The first kappa shape index (κ1) is 13.0. The van der Waals surface area contributed by atoms with Gasteiger partial charge in [-0.1, -0.05) is 6.92 Å². The number of amidine groups is 1. The smallest absolute Gasteiger partial charge is 0.124 e. The maximum atomic E-state index is 13.0. The monoisotopic (exact) mass is 242 g/mol. The normalized spacial score (nSPS) is 12.4. The standard InChI is InChI=1S/C11H15FN2OS/c1-7(4-5-15)16-10-3-2-8(12)6-9(10)11(13)14/h2-3,6-7,15H,4-5H2,1H3,(H3,13,14). The molecule has 4 N–H and O–H groups in total. The van der Waals surface area contributed by atoms with Crippen LogP contribution < -0.4 is 5.73 Å². The summed E-state index contributed by atoms with van der Waals surface area (Å²) in [6.45, 7) is 2.08. The molecule has 16 heavy (non-hydrogen) atoms. The van der Waals surface area contributed by atoms with E-state index in [1.165, 1.54) is 23.9 Å². The van der Waals surface area contributed by atoms with Crippen LogP contribution in [0.3, 0.4) is 0 Å². The van der Waals surface area contributed by atoms with Gasteiger partial charge in [-0.15, -0.1) is 11.8 Å². The van der Waals surface area contributed by atoms with Crippen molar-refractivity contribution in [2.75, 3.05) is 6.61 Å². The summed E-state index contributed by atoms with van der Waals surface area (Å²) in [5.41, 5.74) is 5.80. The molecule has 1 rings (SSSR count). The molecule has 3 nitrogen and oxygen atoms in total. The second-order valence-corrected chi connectivity index (χ2v) is 4.98. The Morgan fingerprint density at radius 2 is 2.31 bits per heavy atom. The lowest BCUT2D eigenvalue weighted by Crippen LogP contribution is -2.13. The van der Waals surface area contributed by atoms with Crippen molar-refractivity contribution >= 4 is 17.6 Å². The number of halogens is 1. The lowest BCUT2D eigenvalue weighted by molar-refractivity contribution is 0.289. The van der Waals surface area contributed by atoms with Crippen LogP contribution in [0.2, 0.25) is 0 Å². The number of aliphatic hydroxyl groups is 1. The highest BCUT2D eigenvalue weighted by molar-refractivity contribution is 8.00. The van der Waals surface area contributed by atoms with Crippen LogP contribution >= 0.6 is 11.8 Å². The van der Waals surface area contributed by atoms with Gasteiger partial charge >= 0.3 is 0 Å². The minimum atomic E-state index is -0.399. The van der Waals surface area contributed by atoms with Crippen LogP contribution in [0.5, 0.6) is 0 Å². The van der Waals surface area contributed by atoms with Crippen molar-refractivity contribution in [3.8, 4) is 0 Å². The Balaban J connectivity index is 2.90. The van der Waals surface area contributed by atoms with Crippen LogP contribution in [0, 0.1) is 11.2 Å². The summed E-state index contributed by atoms with van der Waals surface area (Å²) in [4.78, 5) is 0.773. The highest BCUT2D eigenvalue weighted by Crippen LogP contribution is 2.28. The van der Waals surface area contributed by atoms with Crippen LogP contribution in [0.25, 0.3) is 0 Å². The number of nitrogens with two attached hydrogens (primary N) is 1. The fourth-order valence-corrected chi connectivity index (χ4v) is 2.37. The average Bonchev–Trinajstić information content (AvgIpc) is 2.20. The largest absolute Gasteiger partial charge is 0.396 e. The molecular weight excluding hydrogens is 227 g/mol. The molecule has 0 fully saturated rings. The van der Waals surface area contributed by atoms with Crippen LogP contribution in [-0.2, 0) is 0 Å². The molecule has 0 saturated heterocycles. The van der Waals surface area contributed by atoms with E-state index in [4.69, 9.17) is 16.2 Å². The summed E-state index contributed by atoms with van der Waals surface area (Å²) in [6.07, 6.45) is 0.652. The molecule has 1 aromatic rings. The maximum absolute atomic E-state index is 13.0. The summed E-state index contributed by atoms with van der Waals surface area (Å²) in [7, 11) is 0. The van der Waals surface area contributed by atoms with E-state index in [-0.39, 0.29) is 17.7 Å². The number of hydrogen-bond donors (Lipinski definition) is 3. The van der Waals surface area contributed by atoms with Gasteiger partial charge in [0.2, 0.25) is 0 Å². The van der Waals surface area contributed by atoms with Crippen LogP contribution in [-0.4, -0.2) is 22.8 Å². The lowest BCUT2D eigenvalue weighted by atomic mass is 10.2. The third-order valence-electron chi connectivity index (χ3n) is 2.10. The van der Waals surface area contributed by atoms with E-state index >= 15 is 0 Å². The first-order chi connectivity index (χ1) is 7.54. The van der Waals surface area contributed by atoms with Crippen molar-refractivity contribution < 1.29 is 9.50 Å². The lowest BCUT2D eigenvalue weighted by Gasteiger charge is -2.12. The van der Waals surface area contributed by atoms with Crippen molar-refractivity contribution in [1.82, 2.24) is 0 Å². The zero-order valence-corrected chi connectivity index (χ0v) is 9.85. The van der Waals surface area contributed by atoms with E-state index in [2.05, 4.69) is 0 Å². The second-order valence-electron chi connectivity index (χ2n) is 3.49. The fraction of sp³-hybridized carbons (Fsp3) is 0.364. The van der Waals surface area contributed by atoms with E-state index in [0.717, 1.165) is 4.90 Å². The number of nitrogen functional groups attached to an aromatic ring is 1. The molecule has 0 saturated carbocycles. The third-order valence-corrected chi connectivity index (χ3v) is 3.34. The predicted octanol–water partition coefficient (Wildman–Crippen LogP) is 1.97. The first-order valence-corrected chi connectivity index (χ1v) is 5.84. The Kier molecular flexibility index (Phi) is 4.76. The van der Waals surface area contributed by atoms with Gasteiger partial charge in [-0.3, -0.25) is 5.41 Å². The number of aliphatic hydroxyl groups excluding tert-OH is 1. The highest BCUT2D eigenvalue weighted by Gasteiger charge is 2.11. The van der Waals surface area contributed by atoms with Gasteiger partial charge in [0, 0.05) is 22.3 Å². The summed E-state index contributed by atoms with van der Waals surface area (Å²) < 4.78 is 13.0. The minimum Gasteiger partial charge on any atom is -0.396 e. The van der Waals surface area contributed by atoms with Gasteiger partial charge in [-0.05, 0) is 24.6 Å². The maximum Gasteiger partial charge on any atom is 0.124 e. The Morgan fingerprint density at radius 3 is 2.88 bits per heavy atom. The molecule has 0 aromatic heterocycles. The summed E-state index contributed by atoms with van der Waals surface area (Å²) in [5.74, 6) is -0.539. The van der Waals surface area contributed by atoms with Gasteiger partial charge in [0.1, 0.15) is 11.7 Å². The minimum absolute atomic E-state index is 0.116. The van der Waals surface area contributed by atoms with E-state index in [1.807, 2.05) is 6.92 Å². The zero-order valence-electron chi connectivity index (χ0n) is 9.03. The average molecular weight is 242 g/mol. The first-order valence-electron chi connectivity index (χ1n) is 4.96. The van der Waals surface area contributed by atoms with Crippen LogP contribution in [0.4, 0.5) is 4.39 Å². The molecule has 0 aliphatic heterocycles. The Bertz CT molecular complexity index is 384. The summed E-state index contributed by atoms with van der Waals surface area (Å²) in [5, 5.41) is 16.4. The second kappa shape index (κ2) is 5.86. The van der Waals surface area contributed by atoms with Gasteiger partial charge < -0.3 is 10.8 Å². The fourth-order valence-electron chi connectivity index (χ4n) is 1.27. The predicted molar refractivity (Wildman–Crippen MR) is 64.4 cm³/mol. The molecule has 88 valence electrons. The van der Waals surface area contributed by atoms with Gasteiger partial charge in [-0.25, -0.2) is 4.39 Å². The molecule has 0 amide bonds. The van der Waals surface area contributed by atoms with Crippen molar-refractivity contribution in [1.29, 1.82) is 5.41 Å². The molecule has 0 aliphatic carbocycles. The summed E-state index contributed by atoms with van der Waals surface area (Å²) in [6, 6.07) is 4.22. The van der Waals surface area contributed by atoms with Crippen molar-refractivity contribution in [3.63, 3.8) is 0 Å². The van der Waals surface area contributed by atoms with Gasteiger partial charge in [0.05, 0.1) is 0 Å². The highest BCUT2D eigenvalue weighted by atomic mass is 32.2. The number of hydrogen-bond acceptors (Lipinski definition) is 3. The molecule has 0 aliphatic rings. The number of rotatable bonds is 5. The van der Waals surface area contributed by atoms with E-state index in [1.54, 1.807) is 6.07 Å². The molecular formula is C11H15FN2OS. The molecule has 0 heterocycles. The summed E-state index contributed by atoms with van der Waals surface area (Å²) >= 11 is 1.48. The van der Waals surface area contributed by atoms with Crippen molar-refractivity contribution in [2.45, 2.75) is 23.5 Å². The molecule has 1 aromatic carbocycles. The van der Waals surface area contributed by atoms with Crippen LogP contribution in [0.15, 0.2) is 23.1 Å². The Hall–Kier alpha value is -1.07. The molecule has 1 atom stereocenters. The molecule has 0 spiro atoms. The zero-order chi connectivity index (χ0) is 12.1. The Labute approximate surface area is 98.4 Å². The third kappa shape index (κ3) is 3.50. The number of benzene rings is 1. The van der Waals surface area contributed by atoms with E-state index < -0.39 is 5.82 Å². The van der Waals surface area contributed by atoms with Crippen molar-refractivity contribution in [3.05, 3.63) is 29.6 Å². The SMILES string of the molecule is CC(CCO)Sc1ccc(F)cc1C(=N)N. The molecule has 0 radical (unpaired) electrons. The molecule has 5 heteroatoms. The van der Waals surface area contributed by atoms with E-state index in [0.29, 0.717) is 12.0 Å². The quantitative estimate of drug-likeness (QED) is 0.420. The topological polar surface area (TPSA) is 70.1 Å². The van der Waals surface area contributed by atoms with Crippen molar-refractivity contribution in [2.24, 2.45) is 5.73 Å². The van der Waals surface area contributed by atoms with Gasteiger partial charge in [0.15, 0.2) is 0 Å².